The van der Waals surface area contributed by atoms with E-state index in [1.54, 1.807) is 67.6 Å². The molecule has 0 aliphatic carbocycles. The number of likely N-dealkylation sites (N-methyl/N-ethyl adjacent to an activating group) is 1. The van der Waals surface area contributed by atoms with Gasteiger partial charge in [-0.2, -0.15) is 0 Å². The Bertz CT molecular complexity index is 1390. The molecular weight excluding hydrogens is 504 g/mol. The van der Waals surface area contributed by atoms with Crippen molar-refractivity contribution in [1.82, 2.24) is 15.1 Å². The number of carbonyl (C=O) groups is 3. The van der Waals surface area contributed by atoms with Gasteiger partial charge in [-0.1, -0.05) is 54.1 Å². The van der Waals surface area contributed by atoms with Gasteiger partial charge < -0.3 is 20.3 Å². The average molecular weight is 531 g/mol. The fourth-order valence-electron chi connectivity index (χ4n) is 4.83. The number of methoxy groups -OCH3 is 1. The third-order valence-electron chi connectivity index (χ3n) is 6.90. The van der Waals surface area contributed by atoms with Gasteiger partial charge >= 0.3 is 6.03 Å². The zero-order valence-electron chi connectivity index (χ0n) is 21.0. The molecule has 0 fully saturated rings. The van der Waals surface area contributed by atoms with Gasteiger partial charge in [0.25, 0.3) is 5.91 Å². The SMILES string of the molecule is COc1ccc(NC(=O)C(Cc2ccccc2)N2CC3=C(C2=O)C(c2ccc(Cl)cc2)NC(=O)N3C)cc1. The molecule has 2 aliphatic heterocycles. The van der Waals surface area contributed by atoms with E-state index in [0.29, 0.717) is 34.2 Å². The summed E-state index contributed by atoms with van der Waals surface area (Å²) in [5, 5.41) is 6.42. The maximum absolute atomic E-state index is 14.0. The van der Waals surface area contributed by atoms with Crippen LogP contribution < -0.4 is 15.4 Å². The molecule has 2 aliphatic rings. The molecule has 2 N–H and O–H groups in total. The molecule has 2 unspecified atom stereocenters. The van der Waals surface area contributed by atoms with Gasteiger partial charge in [0.05, 0.1) is 31.0 Å². The van der Waals surface area contributed by atoms with E-state index >= 15 is 0 Å². The fourth-order valence-corrected chi connectivity index (χ4v) is 4.95. The van der Waals surface area contributed by atoms with Crippen molar-refractivity contribution >= 4 is 35.1 Å². The highest BCUT2D eigenvalue weighted by Crippen LogP contribution is 2.37. The summed E-state index contributed by atoms with van der Waals surface area (Å²) in [6.07, 6.45) is 0.311. The lowest BCUT2D eigenvalue weighted by atomic mass is 9.95. The highest BCUT2D eigenvalue weighted by Gasteiger charge is 2.46. The zero-order valence-corrected chi connectivity index (χ0v) is 21.7. The molecule has 0 aromatic heterocycles. The Labute approximate surface area is 225 Å². The van der Waals surface area contributed by atoms with E-state index < -0.39 is 12.1 Å². The van der Waals surface area contributed by atoms with E-state index in [2.05, 4.69) is 10.6 Å². The maximum Gasteiger partial charge on any atom is 0.322 e. The van der Waals surface area contributed by atoms with E-state index in [0.717, 1.165) is 11.1 Å². The highest BCUT2D eigenvalue weighted by molar-refractivity contribution is 6.30. The molecule has 3 aromatic carbocycles. The summed E-state index contributed by atoms with van der Waals surface area (Å²) in [4.78, 5) is 43.5. The van der Waals surface area contributed by atoms with E-state index in [-0.39, 0.29) is 24.4 Å². The van der Waals surface area contributed by atoms with E-state index in [1.807, 2.05) is 30.3 Å². The molecule has 4 amide bonds. The van der Waals surface area contributed by atoms with Gasteiger partial charge in [-0.25, -0.2) is 4.79 Å². The molecule has 38 heavy (non-hydrogen) atoms. The van der Waals surface area contributed by atoms with Crippen LogP contribution in [0.15, 0.2) is 90.1 Å². The minimum atomic E-state index is -0.813. The highest BCUT2D eigenvalue weighted by atomic mass is 35.5. The van der Waals surface area contributed by atoms with Crippen LogP contribution in [-0.2, 0) is 16.0 Å². The molecule has 9 heteroatoms. The number of nitrogens with zero attached hydrogens (tertiary/aromatic N) is 2. The summed E-state index contributed by atoms with van der Waals surface area (Å²) in [6.45, 7) is 0.135. The van der Waals surface area contributed by atoms with Gasteiger partial charge in [0.1, 0.15) is 11.8 Å². The van der Waals surface area contributed by atoms with Gasteiger partial charge in [0, 0.05) is 24.2 Å². The van der Waals surface area contributed by atoms with Crippen molar-refractivity contribution in [3.63, 3.8) is 0 Å². The molecule has 0 spiro atoms. The van der Waals surface area contributed by atoms with Crippen molar-refractivity contribution in [2.75, 3.05) is 26.0 Å². The molecule has 5 rings (SSSR count). The number of rotatable bonds is 7. The number of halogens is 1. The van der Waals surface area contributed by atoms with E-state index in [1.165, 1.54) is 4.90 Å². The second-order valence-corrected chi connectivity index (χ2v) is 9.65. The Balaban J connectivity index is 1.47. The van der Waals surface area contributed by atoms with Gasteiger partial charge in [-0.15, -0.1) is 0 Å². The number of ether oxygens (including phenoxy) is 1. The Morgan fingerprint density at radius 1 is 1.05 bits per heavy atom. The Kier molecular flexibility index (Phi) is 7.07. The van der Waals surface area contributed by atoms with Crippen LogP contribution in [0.2, 0.25) is 5.02 Å². The van der Waals surface area contributed by atoms with E-state index in [9.17, 15) is 14.4 Å². The second-order valence-electron chi connectivity index (χ2n) is 9.21. The van der Waals surface area contributed by atoms with Gasteiger partial charge in [-0.05, 0) is 47.5 Å². The fraction of sp³-hybridized carbons (Fsp3) is 0.207. The first-order valence-corrected chi connectivity index (χ1v) is 12.6. The quantitative estimate of drug-likeness (QED) is 0.474. The standard InChI is InChI=1S/C29H27ClN4O4/c1-33-24-17-34(28(36)25(24)26(32-29(33)37)19-8-10-20(30)11-9-19)23(16-18-6-4-3-5-7-18)27(35)31-21-12-14-22(38-2)15-13-21/h3-15,23,26H,16-17H2,1-2H3,(H,31,35)(H,32,37). The molecule has 2 heterocycles. The Morgan fingerprint density at radius 3 is 2.39 bits per heavy atom. The summed E-state index contributed by atoms with van der Waals surface area (Å²) in [5.41, 5.74) is 3.27. The largest absolute Gasteiger partial charge is 0.497 e. The monoisotopic (exact) mass is 530 g/mol. The number of urea groups is 1. The zero-order chi connectivity index (χ0) is 26.8. The molecule has 3 aromatic rings. The van der Waals surface area contributed by atoms with Crippen molar-refractivity contribution in [3.8, 4) is 5.75 Å². The predicted molar refractivity (Wildman–Crippen MR) is 145 cm³/mol. The first-order chi connectivity index (χ1) is 18.4. The number of nitrogens with one attached hydrogen (secondary N) is 2. The number of hydrogen-bond donors (Lipinski definition) is 2. The topological polar surface area (TPSA) is 91.0 Å². The lowest BCUT2D eigenvalue weighted by Gasteiger charge is -2.31. The van der Waals surface area contributed by atoms with Crippen LogP contribution >= 0.6 is 11.6 Å². The Morgan fingerprint density at radius 2 is 1.74 bits per heavy atom. The third kappa shape index (κ3) is 4.95. The van der Waals surface area contributed by atoms with Crippen LogP contribution in [0, 0.1) is 0 Å². The van der Waals surface area contributed by atoms with Crippen LogP contribution in [0.1, 0.15) is 17.2 Å². The molecule has 8 nitrogen and oxygen atoms in total. The van der Waals surface area contributed by atoms with E-state index in [4.69, 9.17) is 16.3 Å². The van der Waals surface area contributed by atoms with Crippen molar-refractivity contribution in [2.24, 2.45) is 0 Å². The number of hydrogen-bond acceptors (Lipinski definition) is 4. The molecule has 0 saturated carbocycles. The number of benzene rings is 3. The predicted octanol–water partition coefficient (Wildman–Crippen LogP) is 4.39. The third-order valence-corrected chi connectivity index (χ3v) is 7.15. The molecule has 0 bridgehead atoms. The van der Waals surface area contributed by atoms with Crippen molar-refractivity contribution in [1.29, 1.82) is 0 Å². The maximum atomic E-state index is 14.0. The van der Waals surface area contributed by atoms with Crippen molar-refractivity contribution in [3.05, 3.63) is 106 Å². The molecular formula is C29H27ClN4O4. The molecule has 0 saturated heterocycles. The molecule has 0 radical (unpaired) electrons. The first kappa shape index (κ1) is 25.4. The summed E-state index contributed by atoms with van der Waals surface area (Å²) in [6, 6.07) is 21.8. The van der Waals surface area contributed by atoms with Crippen LogP contribution in [0.3, 0.4) is 0 Å². The van der Waals surface area contributed by atoms with Crippen LogP contribution in [0.5, 0.6) is 5.75 Å². The smallest absolute Gasteiger partial charge is 0.322 e. The summed E-state index contributed by atoms with van der Waals surface area (Å²) < 4.78 is 5.21. The lowest BCUT2D eigenvalue weighted by Crippen LogP contribution is -2.47. The average Bonchev–Trinajstić information content (AvgIpc) is 3.27. The van der Waals surface area contributed by atoms with Gasteiger partial charge in [0.15, 0.2) is 0 Å². The second kappa shape index (κ2) is 10.6. The normalized spacial score (nSPS) is 17.7. The van der Waals surface area contributed by atoms with Crippen LogP contribution in [-0.4, -0.2) is 54.4 Å². The summed E-state index contributed by atoms with van der Waals surface area (Å²) >= 11 is 6.07. The van der Waals surface area contributed by atoms with Crippen molar-refractivity contribution < 1.29 is 19.1 Å². The van der Waals surface area contributed by atoms with Crippen LogP contribution in [0.4, 0.5) is 10.5 Å². The van der Waals surface area contributed by atoms with Gasteiger partial charge in [-0.3, -0.25) is 14.5 Å². The summed E-state index contributed by atoms with van der Waals surface area (Å²) in [7, 11) is 3.20. The minimum Gasteiger partial charge on any atom is -0.497 e. The lowest BCUT2D eigenvalue weighted by molar-refractivity contribution is -0.134. The molecule has 2 atom stereocenters. The van der Waals surface area contributed by atoms with Crippen LogP contribution in [0.25, 0.3) is 0 Å². The van der Waals surface area contributed by atoms with Crippen molar-refractivity contribution in [2.45, 2.75) is 18.5 Å². The minimum absolute atomic E-state index is 0.135. The number of carbonyl (C=O) groups excluding carboxylic acids is 3. The number of anilines is 1. The molecule has 194 valence electrons. The number of amides is 4. The first-order valence-electron chi connectivity index (χ1n) is 12.2. The summed E-state index contributed by atoms with van der Waals surface area (Å²) in [5.74, 6) is 0.0543. The van der Waals surface area contributed by atoms with Gasteiger partial charge in [0.2, 0.25) is 5.91 Å². The Hall–Kier alpha value is -4.30.